The molecule has 0 bridgehead atoms. The molecule has 3 aliphatic heterocycles. The van der Waals surface area contributed by atoms with Gasteiger partial charge in [-0.15, -0.1) is 0 Å². The molecule has 10 nitrogen and oxygen atoms in total. The number of benzene rings is 3. The monoisotopic (exact) mass is 608 g/mol. The van der Waals surface area contributed by atoms with Gasteiger partial charge in [0.1, 0.15) is 36.3 Å². The molecule has 0 aromatic heterocycles. The minimum atomic E-state index is -1.34. The molecule has 3 aromatic carbocycles. The standard InChI is InChI=1S/C34H40O10/c1-34(2)40-21-27(44-34)31(35)43-33-30(38-19-23-14-16-25(36-3)17-15-23)29(37-18-22-10-6-4-7-11-22)28-26(41-33)20-39-32(42-28)24-12-8-5-9-13-24/h4-17,26-33,35H,18-21H2,1-3H3/t26-,27?,28-,29+,30+,31?,32?,33+/m1/s1. The first-order chi connectivity index (χ1) is 21.4. The Kier molecular flexibility index (Phi) is 9.92. The summed E-state index contributed by atoms with van der Waals surface area (Å²) < 4.78 is 55.1. The highest BCUT2D eigenvalue weighted by Crippen LogP contribution is 2.38. The second-order valence-electron chi connectivity index (χ2n) is 11.5. The number of ether oxygens (including phenoxy) is 9. The van der Waals surface area contributed by atoms with Gasteiger partial charge in [0.15, 0.2) is 24.7 Å². The molecule has 3 aliphatic rings. The number of hydrogen-bond acceptors (Lipinski definition) is 10. The van der Waals surface area contributed by atoms with Crippen molar-refractivity contribution in [1.82, 2.24) is 0 Å². The molecular formula is C34H40O10. The molecule has 3 aromatic rings. The summed E-state index contributed by atoms with van der Waals surface area (Å²) in [4.78, 5) is 0. The molecule has 0 radical (unpaired) electrons. The molecule has 0 saturated carbocycles. The van der Waals surface area contributed by atoms with Crippen LogP contribution in [0.15, 0.2) is 84.9 Å². The van der Waals surface area contributed by atoms with E-state index in [0.717, 1.165) is 22.4 Å². The van der Waals surface area contributed by atoms with E-state index in [1.165, 1.54) is 0 Å². The second-order valence-corrected chi connectivity index (χ2v) is 11.5. The molecule has 3 heterocycles. The quantitative estimate of drug-likeness (QED) is 0.313. The van der Waals surface area contributed by atoms with Crippen molar-refractivity contribution in [2.45, 2.75) is 82.2 Å². The van der Waals surface area contributed by atoms with Crippen molar-refractivity contribution in [1.29, 1.82) is 0 Å². The first-order valence-electron chi connectivity index (χ1n) is 14.9. The molecule has 3 saturated heterocycles. The number of methoxy groups -OCH3 is 1. The van der Waals surface area contributed by atoms with E-state index < -0.39 is 55.2 Å². The van der Waals surface area contributed by atoms with E-state index in [0.29, 0.717) is 6.61 Å². The van der Waals surface area contributed by atoms with E-state index in [1.807, 2.05) is 84.9 Å². The zero-order chi connectivity index (χ0) is 30.5. The fraction of sp³-hybridized carbons (Fsp3) is 0.471. The van der Waals surface area contributed by atoms with Gasteiger partial charge in [-0.25, -0.2) is 0 Å². The Morgan fingerprint density at radius 2 is 1.48 bits per heavy atom. The van der Waals surface area contributed by atoms with Crippen molar-refractivity contribution in [3.63, 3.8) is 0 Å². The summed E-state index contributed by atoms with van der Waals surface area (Å²) >= 11 is 0. The van der Waals surface area contributed by atoms with Crippen LogP contribution in [-0.4, -0.2) is 74.3 Å². The van der Waals surface area contributed by atoms with Gasteiger partial charge >= 0.3 is 0 Å². The number of fused-ring (bicyclic) bond motifs is 1. The molecule has 0 spiro atoms. The minimum Gasteiger partial charge on any atom is -0.497 e. The van der Waals surface area contributed by atoms with Crippen LogP contribution < -0.4 is 4.74 Å². The maximum Gasteiger partial charge on any atom is 0.190 e. The van der Waals surface area contributed by atoms with Gasteiger partial charge < -0.3 is 47.7 Å². The fourth-order valence-electron chi connectivity index (χ4n) is 5.56. The third-order valence-electron chi connectivity index (χ3n) is 7.86. The number of hydrogen-bond donors (Lipinski definition) is 1. The lowest BCUT2D eigenvalue weighted by atomic mass is 9.97. The molecule has 3 fully saturated rings. The number of rotatable bonds is 11. The summed E-state index contributed by atoms with van der Waals surface area (Å²) in [5.74, 6) is -0.0911. The maximum absolute atomic E-state index is 11.1. The second kappa shape index (κ2) is 14.0. The summed E-state index contributed by atoms with van der Waals surface area (Å²) in [6, 6.07) is 27.2. The molecule has 6 rings (SSSR count). The first kappa shape index (κ1) is 31.1. The fourth-order valence-corrected chi connectivity index (χ4v) is 5.56. The van der Waals surface area contributed by atoms with Crippen molar-refractivity contribution in [2.75, 3.05) is 20.3 Å². The van der Waals surface area contributed by atoms with Crippen LogP contribution in [0, 0.1) is 0 Å². The number of aliphatic hydroxyl groups is 1. The van der Waals surface area contributed by atoms with Crippen LogP contribution in [0.4, 0.5) is 0 Å². The van der Waals surface area contributed by atoms with Crippen molar-refractivity contribution in [2.24, 2.45) is 0 Å². The van der Waals surface area contributed by atoms with Crippen molar-refractivity contribution < 1.29 is 47.7 Å². The van der Waals surface area contributed by atoms with E-state index >= 15 is 0 Å². The molecule has 8 atom stereocenters. The normalized spacial score (nSPS) is 30.4. The highest BCUT2D eigenvalue weighted by atomic mass is 16.8. The molecular weight excluding hydrogens is 568 g/mol. The Morgan fingerprint density at radius 3 is 2.14 bits per heavy atom. The summed E-state index contributed by atoms with van der Waals surface area (Å²) in [6.45, 7) is 4.51. The lowest BCUT2D eigenvalue weighted by Gasteiger charge is -2.49. The van der Waals surface area contributed by atoms with Crippen molar-refractivity contribution in [3.05, 3.63) is 102 Å². The number of aliphatic hydroxyl groups excluding tert-OH is 1. The molecule has 1 N–H and O–H groups in total. The SMILES string of the molecule is COc1ccc(CO[C@@H]2[C@H](OC(O)C3COC(C)(C)O3)O[C@@H]3COC(c4ccccc4)O[C@H]3[C@@H]2OCc2ccccc2)cc1. The van der Waals surface area contributed by atoms with E-state index in [1.54, 1.807) is 21.0 Å². The van der Waals surface area contributed by atoms with E-state index in [9.17, 15) is 5.11 Å². The lowest BCUT2D eigenvalue weighted by molar-refractivity contribution is -0.391. The van der Waals surface area contributed by atoms with Gasteiger partial charge in [0.05, 0.1) is 33.5 Å². The predicted molar refractivity (Wildman–Crippen MR) is 157 cm³/mol. The van der Waals surface area contributed by atoms with Crippen molar-refractivity contribution >= 4 is 0 Å². The summed E-state index contributed by atoms with van der Waals surface area (Å²) in [6.07, 6.45) is -6.23. The average Bonchev–Trinajstić information content (AvgIpc) is 3.43. The van der Waals surface area contributed by atoms with Crippen LogP contribution in [0.3, 0.4) is 0 Å². The largest absolute Gasteiger partial charge is 0.497 e. The van der Waals surface area contributed by atoms with Crippen LogP contribution in [0.5, 0.6) is 5.75 Å². The average molecular weight is 609 g/mol. The molecule has 0 aliphatic carbocycles. The van der Waals surface area contributed by atoms with Crippen LogP contribution >= 0.6 is 0 Å². The van der Waals surface area contributed by atoms with Crippen LogP contribution in [0.25, 0.3) is 0 Å². The summed E-state index contributed by atoms with van der Waals surface area (Å²) in [5, 5.41) is 11.1. The minimum absolute atomic E-state index is 0.170. The molecule has 10 heteroatoms. The van der Waals surface area contributed by atoms with Crippen LogP contribution in [-0.2, 0) is 51.1 Å². The van der Waals surface area contributed by atoms with Gasteiger partial charge in [0, 0.05) is 5.56 Å². The molecule has 236 valence electrons. The topological polar surface area (TPSA) is 103 Å². The van der Waals surface area contributed by atoms with Gasteiger partial charge in [-0.3, -0.25) is 0 Å². The van der Waals surface area contributed by atoms with E-state index in [2.05, 4.69) is 0 Å². The van der Waals surface area contributed by atoms with Gasteiger partial charge in [-0.05, 0) is 37.1 Å². The zero-order valence-corrected chi connectivity index (χ0v) is 25.2. The Hall–Kier alpha value is -2.90. The summed E-state index contributed by atoms with van der Waals surface area (Å²) in [5.41, 5.74) is 2.80. The molecule has 0 amide bonds. The lowest BCUT2D eigenvalue weighted by Crippen LogP contribution is -2.64. The summed E-state index contributed by atoms with van der Waals surface area (Å²) in [7, 11) is 1.63. The third kappa shape index (κ3) is 7.48. The Balaban J connectivity index is 1.27. The van der Waals surface area contributed by atoms with E-state index in [4.69, 9.17) is 42.6 Å². The molecule has 3 unspecified atom stereocenters. The van der Waals surface area contributed by atoms with Crippen LogP contribution in [0.1, 0.15) is 36.8 Å². The Labute approximate surface area is 257 Å². The Bertz CT molecular complexity index is 1300. The maximum atomic E-state index is 11.1. The first-order valence-corrected chi connectivity index (χ1v) is 14.9. The van der Waals surface area contributed by atoms with Gasteiger partial charge in [0.25, 0.3) is 0 Å². The van der Waals surface area contributed by atoms with E-state index in [-0.39, 0.29) is 19.8 Å². The Morgan fingerprint density at radius 1 is 0.818 bits per heavy atom. The highest BCUT2D eigenvalue weighted by molar-refractivity contribution is 5.26. The third-order valence-corrected chi connectivity index (χ3v) is 7.86. The predicted octanol–water partition coefficient (Wildman–Crippen LogP) is 4.49. The smallest absolute Gasteiger partial charge is 0.190 e. The van der Waals surface area contributed by atoms with Crippen molar-refractivity contribution in [3.8, 4) is 5.75 Å². The van der Waals surface area contributed by atoms with Gasteiger partial charge in [-0.1, -0.05) is 72.8 Å². The van der Waals surface area contributed by atoms with Gasteiger partial charge in [-0.2, -0.15) is 0 Å². The molecule has 44 heavy (non-hydrogen) atoms. The zero-order valence-electron chi connectivity index (χ0n) is 25.2. The van der Waals surface area contributed by atoms with Gasteiger partial charge in [0.2, 0.25) is 0 Å². The highest BCUT2D eigenvalue weighted by Gasteiger charge is 2.53. The van der Waals surface area contributed by atoms with Crippen LogP contribution in [0.2, 0.25) is 0 Å².